The maximum absolute atomic E-state index is 12.6. The van der Waals surface area contributed by atoms with Crippen molar-refractivity contribution in [3.05, 3.63) is 0 Å². The van der Waals surface area contributed by atoms with Gasteiger partial charge in [0.05, 0.1) is 0 Å². The summed E-state index contributed by atoms with van der Waals surface area (Å²) in [5.74, 6) is -0.893. The fourth-order valence-electron chi connectivity index (χ4n) is 3.50. The van der Waals surface area contributed by atoms with E-state index >= 15 is 0 Å². The van der Waals surface area contributed by atoms with Gasteiger partial charge >= 0.3 is 12.0 Å². The predicted octanol–water partition coefficient (Wildman–Crippen LogP) is 1.51. The van der Waals surface area contributed by atoms with Crippen LogP contribution in [0.25, 0.3) is 0 Å². The molecule has 0 bridgehead atoms. The van der Waals surface area contributed by atoms with Crippen LogP contribution in [0.1, 0.15) is 45.4 Å². The van der Waals surface area contributed by atoms with Crippen LogP contribution in [-0.2, 0) is 4.79 Å². The molecule has 1 saturated heterocycles. The highest BCUT2D eigenvalue weighted by Gasteiger charge is 2.42. The molecule has 1 aliphatic carbocycles. The zero-order chi connectivity index (χ0) is 15.5. The van der Waals surface area contributed by atoms with E-state index in [1.54, 1.807) is 4.90 Å². The van der Waals surface area contributed by atoms with E-state index < -0.39 is 11.5 Å². The number of likely N-dealkylation sites (N-methyl/N-ethyl adjacent to an activating group) is 1. The summed E-state index contributed by atoms with van der Waals surface area (Å²) < 4.78 is 0. The van der Waals surface area contributed by atoms with E-state index in [0.29, 0.717) is 19.4 Å². The van der Waals surface area contributed by atoms with Crippen molar-refractivity contribution >= 4 is 12.0 Å². The number of nitrogens with zero attached hydrogens (tertiary/aromatic N) is 2. The molecule has 1 heterocycles. The van der Waals surface area contributed by atoms with Gasteiger partial charge < -0.3 is 20.2 Å². The highest BCUT2D eigenvalue weighted by molar-refractivity contribution is 5.86. The molecule has 21 heavy (non-hydrogen) atoms. The average Bonchev–Trinajstić information content (AvgIpc) is 2.60. The number of hydrogen-bond acceptors (Lipinski definition) is 3. The van der Waals surface area contributed by atoms with Crippen LogP contribution >= 0.6 is 0 Å². The van der Waals surface area contributed by atoms with Crippen molar-refractivity contribution in [2.24, 2.45) is 0 Å². The molecule has 1 unspecified atom stereocenters. The zero-order valence-corrected chi connectivity index (χ0v) is 13.1. The molecule has 1 saturated carbocycles. The lowest BCUT2D eigenvalue weighted by atomic mass is 9.82. The Bertz CT molecular complexity index is 394. The van der Waals surface area contributed by atoms with Crippen LogP contribution in [0, 0.1) is 0 Å². The number of carbonyl (C=O) groups excluding carboxylic acids is 1. The van der Waals surface area contributed by atoms with Crippen molar-refractivity contribution < 1.29 is 14.7 Å². The molecule has 2 rings (SSSR count). The molecule has 6 heteroatoms. The van der Waals surface area contributed by atoms with E-state index in [0.717, 1.165) is 38.8 Å². The molecule has 1 atom stereocenters. The Kier molecular flexibility index (Phi) is 5.08. The summed E-state index contributed by atoms with van der Waals surface area (Å²) in [5, 5.41) is 12.4. The van der Waals surface area contributed by atoms with Crippen LogP contribution in [0.5, 0.6) is 0 Å². The minimum absolute atomic E-state index is 0.104. The fraction of sp³-hybridized carbons (Fsp3) is 0.867. The molecule has 0 aromatic carbocycles. The Balaban J connectivity index is 2.06. The number of nitrogens with one attached hydrogen (secondary N) is 1. The van der Waals surface area contributed by atoms with Gasteiger partial charge in [-0.1, -0.05) is 19.3 Å². The van der Waals surface area contributed by atoms with Crippen LogP contribution in [0.3, 0.4) is 0 Å². The molecule has 2 aliphatic rings. The lowest BCUT2D eigenvalue weighted by Crippen LogP contribution is -2.60. The third-order valence-corrected chi connectivity index (χ3v) is 4.77. The average molecular weight is 297 g/mol. The van der Waals surface area contributed by atoms with Crippen molar-refractivity contribution in [2.75, 3.05) is 26.7 Å². The van der Waals surface area contributed by atoms with Gasteiger partial charge in [-0.2, -0.15) is 0 Å². The number of aliphatic carboxylic acids is 1. The molecule has 6 nitrogen and oxygen atoms in total. The number of hydrogen-bond donors (Lipinski definition) is 2. The summed E-state index contributed by atoms with van der Waals surface area (Å²) in [6.45, 7) is 4.51. The first kappa shape index (κ1) is 16.1. The van der Waals surface area contributed by atoms with Gasteiger partial charge in [-0.05, 0) is 39.8 Å². The zero-order valence-electron chi connectivity index (χ0n) is 13.1. The summed E-state index contributed by atoms with van der Waals surface area (Å²) in [6.07, 6.45) is 4.78. The number of carboxylic acid groups (broad SMARTS) is 1. The van der Waals surface area contributed by atoms with E-state index in [9.17, 15) is 14.7 Å². The maximum atomic E-state index is 12.6. The van der Waals surface area contributed by atoms with Gasteiger partial charge in [0.15, 0.2) is 0 Å². The second-order valence-corrected chi connectivity index (χ2v) is 6.54. The van der Waals surface area contributed by atoms with E-state index in [1.165, 1.54) is 0 Å². The van der Waals surface area contributed by atoms with Crippen LogP contribution in [0.15, 0.2) is 0 Å². The Morgan fingerprint density at radius 3 is 2.43 bits per heavy atom. The molecule has 1 aliphatic heterocycles. The molecular weight excluding hydrogens is 270 g/mol. The van der Waals surface area contributed by atoms with Crippen LogP contribution in [0.4, 0.5) is 4.79 Å². The van der Waals surface area contributed by atoms with Crippen molar-refractivity contribution in [3.63, 3.8) is 0 Å². The number of amides is 2. The molecule has 0 aromatic heterocycles. The maximum Gasteiger partial charge on any atom is 0.329 e. The van der Waals surface area contributed by atoms with Gasteiger partial charge in [0.1, 0.15) is 5.54 Å². The number of carbonyl (C=O) groups is 2. The Labute approximate surface area is 126 Å². The van der Waals surface area contributed by atoms with Crippen LogP contribution < -0.4 is 5.32 Å². The molecule has 2 amide bonds. The van der Waals surface area contributed by atoms with E-state index in [1.807, 2.05) is 6.92 Å². The molecule has 0 radical (unpaired) electrons. The summed E-state index contributed by atoms with van der Waals surface area (Å²) >= 11 is 0. The van der Waals surface area contributed by atoms with Gasteiger partial charge in [0, 0.05) is 19.1 Å². The topological polar surface area (TPSA) is 72.9 Å². The quantitative estimate of drug-likeness (QED) is 0.810. The fourth-order valence-corrected chi connectivity index (χ4v) is 3.50. The largest absolute Gasteiger partial charge is 0.480 e. The van der Waals surface area contributed by atoms with Gasteiger partial charge in [-0.15, -0.1) is 0 Å². The Hall–Kier alpha value is -1.30. The van der Waals surface area contributed by atoms with Gasteiger partial charge in [-0.25, -0.2) is 9.59 Å². The Morgan fingerprint density at radius 1 is 1.14 bits per heavy atom. The second-order valence-electron chi connectivity index (χ2n) is 6.54. The van der Waals surface area contributed by atoms with E-state index in [-0.39, 0.29) is 12.1 Å². The molecule has 2 N–H and O–H groups in total. The van der Waals surface area contributed by atoms with Crippen molar-refractivity contribution in [1.29, 1.82) is 0 Å². The van der Waals surface area contributed by atoms with Crippen LogP contribution in [-0.4, -0.2) is 65.2 Å². The predicted molar refractivity (Wildman–Crippen MR) is 80.3 cm³/mol. The van der Waals surface area contributed by atoms with Crippen molar-refractivity contribution in [2.45, 2.75) is 57.0 Å². The highest BCUT2D eigenvalue weighted by atomic mass is 16.4. The van der Waals surface area contributed by atoms with Gasteiger partial charge in [-0.3, -0.25) is 0 Å². The molecule has 2 fully saturated rings. The summed E-state index contributed by atoms with van der Waals surface area (Å²) in [7, 11) is 2.05. The standard InChI is InChI=1S/C15H27N3O3/c1-12-11-17(2)9-6-10-18(12)14(21)16-15(13(19)20)7-4-3-5-8-15/h12H,3-11H2,1-2H3,(H,16,21)(H,19,20). The monoisotopic (exact) mass is 297 g/mol. The van der Waals surface area contributed by atoms with E-state index in [2.05, 4.69) is 17.3 Å². The van der Waals surface area contributed by atoms with E-state index in [4.69, 9.17) is 0 Å². The third kappa shape index (κ3) is 3.67. The normalized spacial score (nSPS) is 27.0. The summed E-state index contributed by atoms with van der Waals surface area (Å²) in [6, 6.07) is -0.117. The molecular formula is C15H27N3O3. The van der Waals surface area contributed by atoms with Gasteiger partial charge in [0.2, 0.25) is 0 Å². The second kappa shape index (κ2) is 6.64. The Morgan fingerprint density at radius 2 is 1.81 bits per heavy atom. The lowest BCUT2D eigenvalue weighted by molar-refractivity contribution is -0.146. The minimum atomic E-state index is -1.06. The van der Waals surface area contributed by atoms with Gasteiger partial charge in [0.25, 0.3) is 0 Å². The minimum Gasteiger partial charge on any atom is -0.480 e. The molecule has 0 aromatic rings. The number of rotatable bonds is 2. The smallest absolute Gasteiger partial charge is 0.329 e. The SMILES string of the molecule is CC1CN(C)CCCN1C(=O)NC1(C(=O)O)CCCCC1. The molecule has 0 spiro atoms. The first-order valence-corrected chi connectivity index (χ1v) is 7.95. The third-order valence-electron chi connectivity index (χ3n) is 4.77. The number of urea groups is 1. The lowest BCUT2D eigenvalue weighted by Gasteiger charge is -2.37. The summed E-state index contributed by atoms with van der Waals surface area (Å²) in [4.78, 5) is 28.2. The highest BCUT2D eigenvalue weighted by Crippen LogP contribution is 2.29. The van der Waals surface area contributed by atoms with Crippen molar-refractivity contribution in [1.82, 2.24) is 15.1 Å². The summed E-state index contributed by atoms with van der Waals surface area (Å²) in [5.41, 5.74) is -1.06. The van der Waals surface area contributed by atoms with Crippen molar-refractivity contribution in [3.8, 4) is 0 Å². The number of carboxylic acids is 1. The van der Waals surface area contributed by atoms with Crippen LogP contribution in [0.2, 0.25) is 0 Å². The first-order chi connectivity index (χ1) is 9.94. The molecule has 120 valence electrons. The first-order valence-electron chi connectivity index (χ1n) is 7.95.